The lowest BCUT2D eigenvalue weighted by Gasteiger charge is -2.26. The molecule has 0 spiro atoms. The Balaban J connectivity index is 1.63. The number of carbonyl (C=O) groups is 1. The molecule has 3 N–H and O–H groups in total. The number of thiophene rings is 1. The van der Waals surface area contributed by atoms with Crippen molar-refractivity contribution < 1.29 is 9.90 Å². The predicted octanol–water partition coefficient (Wildman–Crippen LogP) is 2.42. The smallest absolute Gasteiger partial charge is 0.271 e. The number of aromatic nitrogens is 2. The van der Waals surface area contributed by atoms with Gasteiger partial charge in [0.05, 0.1) is 17.2 Å². The van der Waals surface area contributed by atoms with Crippen LogP contribution >= 0.6 is 11.3 Å². The number of carbonyl (C=O) groups excluding carboxylic acids is 1. The predicted molar refractivity (Wildman–Crippen MR) is 82.2 cm³/mol. The van der Waals surface area contributed by atoms with E-state index < -0.39 is 0 Å². The Morgan fingerprint density at radius 3 is 2.95 bits per heavy atom. The first-order valence-electron chi connectivity index (χ1n) is 7.21. The molecule has 1 amide bonds. The van der Waals surface area contributed by atoms with Crippen molar-refractivity contribution in [2.24, 2.45) is 5.41 Å². The summed E-state index contributed by atoms with van der Waals surface area (Å²) in [6.07, 6.45) is 4.21. The van der Waals surface area contributed by atoms with Crippen LogP contribution in [0.4, 0.5) is 0 Å². The Labute approximate surface area is 127 Å². The molecule has 0 bridgehead atoms. The van der Waals surface area contributed by atoms with Crippen molar-refractivity contribution in [3.8, 4) is 10.6 Å². The Bertz CT molecular complexity index is 600. The second-order valence-electron chi connectivity index (χ2n) is 5.69. The Morgan fingerprint density at radius 1 is 1.48 bits per heavy atom. The molecular weight excluding hydrogens is 286 g/mol. The molecule has 2 aromatic heterocycles. The quantitative estimate of drug-likeness (QED) is 0.794. The number of rotatable bonds is 5. The Morgan fingerprint density at radius 2 is 2.29 bits per heavy atom. The molecule has 0 radical (unpaired) electrons. The fraction of sp³-hybridized carbons (Fsp3) is 0.467. The van der Waals surface area contributed by atoms with Gasteiger partial charge in [-0.2, -0.15) is 5.10 Å². The first kappa shape index (κ1) is 14.3. The van der Waals surface area contributed by atoms with Crippen LogP contribution in [-0.2, 0) is 0 Å². The zero-order valence-electron chi connectivity index (χ0n) is 11.8. The molecule has 5 nitrogen and oxygen atoms in total. The Hall–Kier alpha value is -1.66. The summed E-state index contributed by atoms with van der Waals surface area (Å²) in [5.74, 6) is -0.186. The van der Waals surface area contributed by atoms with Gasteiger partial charge in [-0.1, -0.05) is 18.9 Å². The van der Waals surface area contributed by atoms with E-state index in [1.54, 1.807) is 17.4 Å². The molecule has 0 unspecified atom stereocenters. The van der Waals surface area contributed by atoms with Gasteiger partial charge >= 0.3 is 0 Å². The van der Waals surface area contributed by atoms with Crippen LogP contribution in [0.1, 0.15) is 36.2 Å². The maximum Gasteiger partial charge on any atom is 0.271 e. The molecule has 1 aliphatic rings. The molecule has 3 rings (SSSR count). The highest BCUT2D eigenvalue weighted by atomic mass is 32.1. The highest BCUT2D eigenvalue weighted by Gasteiger charge is 2.33. The van der Waals surface area contributed by atoms with Gasteiger partial charge in [0.15, 0.2) is 5.69 Å². The number of nitrogens with zero attached hydrogens (tertiary/aromatic N) is 1. The summed E-state index contributed by atoms with van der Waals surface area (Å²) >= 11 is 1.60. The second kappa shape index (κ2) is 5.99. The van der Waals surface area contributed by atoms with Crippen LogP contribution in [-0.4, -0.2) is 34.4 Å². The van der Waals surface area contributed by atoms with Crippen molar-refractivity contribution in [3.05, 3.63) is 29.3 Å². The lowest BCUT2D eigenvalue weighted by Crippen LogP contribution is -2.38. The number of aliphatic hydroxyl groups is 1. The minimum absolute atomic E-state index is 0.133. The van der Waals surface area contributed by atoms with Gasteiger partial charge in [0, 0.05) is 12.0 Å². The van der Waals surface area contributed by atoms with Crippen molar-refractivity contribution in [2.45, 2.75) is 25.7 Å². The van der Waals surface area contributed by atoms with E-state index in [1.807, 2.05) is 17.5 Å². The summed E-state index contributed by atoms with van der Waals surface area (Å²) < 4.78 is 0. The number of hydrogen-bond acceptors (Lipinski definition) is 4. The molecule has 112 valence electrons. The van der Waals surface area contributed by atoms with Gasteiger partial charge in [0.25, 0.3) is 5.91 Å². The van der Waals surface area contributed by atoms with Crippen LogP contribution in [0, 0.1) is 5.41 Å². The standard InChI is InChI=1S/C15H19N3O2S/c19-10-15(5-1-2-6-15)9-16-14(20)12-8-11(17-18-12)13-4-3-7-21-13/h3-4,7-8,19H,1-2,5-6,9-10H2,(H,16,20)(H,17,18). The molecule has 21 heavy (non-hydrogen) atoms. The molecule has 0 aromatic carbocycles. The Kier molecular flexibility index (Phi) is 4.07. The summed E-state index contributed by atoms with van der Waals surface area (Å²) in [5.41, 5.74) is 1.11. The van der Waals surface area contributed by atoms with Crippen LogP contribution in [0.3, 0.4) is 0 Å². The third-order valence-electron chi connectivity index (χ3n) is 4.22. The van der Waals surface area contributed by atoms with Gasteiger partial charge in [-0.3, -0.25) is 9.89 Å². The van der Waals surface area contributed by atoms with Crippen molar-refractivity contribution >= 4 is 17.2 Å². The maximum absolute atomic E-state index is 12.2. The van der Waals surface area contributed by atoms with Gasteiger partial charge < -0.3 is 10.4 Å². The largest absolute Gasteiger partial charge is 0.396 e. The number of aliphatic hydroxyl groups excluding tert-OH is 1. The lowest BCUT2D eigenvalue weighted by molar-refractivity contribution is 0.0876. The molecule has 6 heteroatoms. The molecule has 2 heterocycles. The van der Waals surface area contributed by atoms with E-state index in [2.05, 4.69) is 15.5 Å². The molecule has 0 atom stereocenters. The van der Waals surface area contributed by atoms with Gasteiger partial charge in [-0.05, 0) is 30.4 Å². The first-order valence-corrected chi connectivity index (χ1v) is 8.09. The second-order valence-corrected chi connectivity index (χ2v) is 6.64. The number of H-pyrrole nitrogens is 1. The summed E-state index contributed by atoms with van der Waals surface area (Å²) in [6.45, 7) is 0.651. The minimum Gasteiger partial charge on any atom is -0.396 e. The molecule has 0 aliphatic heterocycles. The van der Waals surface area contributed by atoms with E-state index in [9.17, 15) is 9.90 Å². The van der Waals surface area contributed by atoms with Crippen molar-refractivity contribution in [2.75, 3.05) is 13.2 Å². The van der Waals surface area contributed by atoms with E-state index in [1.165, 1.54) is 0 Å². The molecule has 2 aromatic rings. The monoisotopic (exact) mass is 305 g/mol. The van der Waals surface area contributed by atoms with Gasteiger partial charge in [-0.15, -0.1) is 11.3 Å². The van der Waals surface area contributed by atoms with Crippen LogP contribution < -0.4 is 5.32 Å². The number of aromatic amines is 1. The van der Waals surface area contributed by atoms with E-state index in [0.717, 1.165) is 36.3 Å². The first-order chi connectivity index (χ1) is 10.2. The van der Waals surface area contributed by atoms with Gasteiger partial charge in [0.2, 0.25) is 0 Å². The topological polar surface area (TPSA) is 78.0 Å². The third kappa shape index (κ3) is 3.01. The summed E-state index contributed by atoms with van der Waals surface area (Å²) in [6, 6.07) is 5.71. The van der Waals surface area contributed by atoms with Crippen LogP contribution in [0.15, 0.2) is 23.6 Å². The average Bonchev–Trinajstić information content (AvgIpc) is 3.25. The van der Waals surface area contributed by atoms with Gasteiger partial charge in [-0.25, -0.2) is 0 Å². The minimum atomic E-state index is -0.186. The normalized spacial score (nSPS) is 17.0. The SMILES string of the molecule is O=C(NCC1(CO)CCCC1)c1cc(-c2cccs2)[nH]n1. The highest BCUT2D eigenvalue weighted by molar-refractivity contribution is 7.13. The molecule has 0 saturated heterocycles. The van der Waals surface area contributed by atoms with Crippen molar-refractivity contribution in [1.29, 1.82) is 0 Å². The fourth-order valence-electron chi connectivity index (χ4n) is 2.87. The number of hydrogen-bond donors (Lipinski definition) is 3. The summed E-state index contributed by atoms with van der Waals surface area (Å²) in [5, 5.41) is 21.4. The average molecular weight is 305 g/mol. The van der Waals surface area contributed by atoms with Crippen LogP contribution in [0.5, 0.6) is 0 Å². The molecule has 1 saturated carbocycles. The zero-order chi connectivity index (χ0) is 14.7. The van der Waals surface area contributed by atoms with Crippen LogP contribution in [0.2, 0.25) is 0 Å². The molecule has 1 fully saturated rings. The number of amides is 1. The summed E-state index contributed by atoms with van der Waals surface area (Å²) in [4.78, 5) is 13.2. The third-order valence-corrected chi connectivity index (χ3v) is 5.12. The van der Waals surface area contributed by atoms with E-state index in [4.69, 9.17) is 0 Å². The fourth-order valence-corrected chi connectivity index (χ4v) is 3.56. The zero-order valence-corrected chi connectivity index (χ0v) is 12.6. The van der Waals surface area contributed by atoms with E-state index in [-0.39, 0.29) is 17.9 Å². The highest BCUT2D eigenvalue weighted by Crippen LogP contribution is 2.36. The van der Waals surface area contributed by atoms with E-state index >= 15 is 0 Å². The summed E-state index contributed by atoms with van der Waals surface area (Å²) in [7, 11) is 0. The maximum atomic E-state index is 12.2. The lowest BCUT2D eigenvalue weighted by atomic mass is 9.87. The van der Waals surface area contributed by atoms with Gasteiger partial charge in [0.1, 0.15) is 0 Å². The molecular formula is C15H19N3O2S. The molecule has 1 aliphatic carbocycles. The van der Waals surface area contributed by atoms with Crippen molar-refractivity contribution in [1.82, 2.24) is 15.5 Å². The van der Waals surface area contributed by atoms with Crippen molar-refractivity contribution in [3.63, 3.8) is 0 Å². The van der Waals surface area contributed by atoms with E-state index in [0.29, 0.717) is 12.2 Å². The van der Waals surface area contributed by atoms with Crippen LogP contribution in [0.25, 0.3) is 10.6 Å². The number of nitrogens with one attached hydrogen (secondary N) is 2.